The average molecular weight is 312 g/mol. The smallest absolute Gasteiger partial charge is 0.120 e. The molecule has 0 saturated carbocycles. The Morgan fingerprint density at radius 3 is 2.82 bits per heavy atom. The molecule has 0 aliphatic carbocycles. The van der Waals surface area contributed by atoms with Gasteiger partial charge in [0.05, 0.1) is 0 Å². The molecule has 0 aliphatic heterocycles. The molecule has 0 bridgehead atoms. The molecule has 0 spiro atoms. The summed E-state index contributed by atoms with van der Waals surface area (Å²) in [6, 6.07) is 9.68. The van der Waals surface area contributed by atoms with E-state index in [4.69, 9.17) is 0 Å². The van der Waals surface area contributed by atoms with Crippen LogP contribution in [0.5, 0.6) is 5.75 Å². The van der Waals surface area contributed by atoms with Gasteiger partial charge in [0.1, 0.15) is 5.75 Å². The molecule has 90 valence electrons. The van der Waals surface area contributed by atoms with Crippen molar-refractivity contribution in [3.8, 4) is 5.75 Å². The lowest BCUT2D eigenvalue weighted by Crippen LogP contribution is -2.17. The second-order valence-corrected chi connectivity index (χ2v) is 5.80. The normalized spacial score (nSPS) is 12.6. The van der Waals surface area contributed by atoms with Gasteiger partial charge in [0.25, 0.3) is 0 Å². The van der Waals surface area contributed by atoms with Crippen molar-refractivity contribution in [1.29, 1.82) is 0 Å². The largest absolute Gasteiger partial charge is 0.508 e. The molecule has 1 heterocycles. The Morgan fingerprint density at radius 1 is 1.41 bits per heavy atom. The number of rotatable bonds is 4. The van der Waals surface area contributed by atoms with Crippen molar-refractivity contribution in [3.05, 3.63) is 50.6 Å². The third-order valence-electron chi connectivity index (χ3n) is 2.61. The van der Waals surface area contributed by atoms with Crippen LogP contribution in [0.15, 0.2) is 40.2 Å². The Labute approximate surface area is 113 Å². The van der Waals surface area contributed by atoms with Crippen LogP contribution in [0, 0.1) is 0 Å². The summed E-state index contributed by atoms with van der Waals surface area (Å²) in [6.07, 6.45) is 0. The number of halogens is 1. The van der Waals surface area contributed by atoms with Gasteiger partial charge < -0.3 is 10.4 Å². The fourth-order valence-corrected chi connectivity index (χ4v) is 3.07. The third-order valence-corrected chi connectivity index (χ3v) is 4.31. The standard InChI is InChI=1S/C13H14BrNOS/c1-9(12-4-2-3-5-13(12)16)15-7-11-6-10(14)8-17-11/h2-6,8-9,15-16H,7H2,1H3. The highest BCUT2D eigenvalue weighted by Gasteiger charge is 2.09. The van der Waals surface area contributed by atoms with Crippen LogP contribution in [0.25, 0.3) is 0 Å². The van der Waals surface area contributed by atoms with E-state index in [9.17, 15) is 5.11 Å². The highest BCUT2D eigenvalue weighted by Crippen LogP contribution is 2.24. The first kappa shape index (κ1) is 12.6. The molecule has 1 unspecified atom stereocenters. The number of para-hydroxylation sites is 1. The van der Waals surface area contributed by atoms with Crippen molar-refractivity contribution < 1.29 is 5.11 Å². The first-order chi connectivity index (χ1) is 8.16. The van der Waals surface area contributed by atoms with Crippen molar-refractivity contribution >= 4 is 27.3 Å². The maximum Gasteiger partial charge on any atom is 0.120 e. The molecular weight excluding hydrogens is 298 g/mol. The molecule has 2 N–H and O–H groups in total. The predicted molar refractivity (Wildman–Crippen MR) is 75.4 cm³/mol. The van der Waals surface area contributed by atoms with Crippen LogP contribution in [-0.4, -0.2) is 5.11 Å². The molecule has 0 radical (unpaired) electrons. The predicted octanol–water partition coefficient (Wildman–Crippen LogP) is 4.07. The van der Waals surface area contributed by atoms with Gasteiger partial charge >= 0.3 is 0 Å². The Balaban J connectivity index is 1.98. The van der Waals surface area contributed by atoms with Crippen molar-refractivity contribution in [2.24, 2.45) is 0 Å². The molecule has 2 nitrogen and oxygen atoms in total. The molecule has 0 fully saturated rings. The van der Waals surface area contributed by atoms with Crippen molar-refractivity contribution in [2.75, 3.05) is 0 Å². The molecule has 4 heteroatoms. The molecule has 2 rings (SSSR count). The van der Waals surface area contributed by atoms with E-state index >= 15 is 0 Å². The summed E-state index contributed by atoms with van der Waals surface area (Å²) in [5.74, 6) is 0.347. The van der Waals surface area contributed by atoms with Gasteiger partial charge in [-0.15, -0.1) is 11.3 Å². The van der Waals surface area contributed by atoms with Crippen LogP contribution in [-0.2, 0) is 6.54 Å². The van der Waals surface area contributed by atoms with E-state index in [-0.39, 0.29) is 6.04 Å². The fourth-order valence-electron chi connectivity index (χ4n) is 1.66. The number of thiophene rings is 1. The second-order valence-electron chi connectivity index (χ2n) is 3.89. The van der Waals surface area contributed by atoms with Gasteiger partial charge in [-0.05, 0) is 35.0 Å². The van der Waals surface area contributed by atoms with Gasteiger partial charge in [-0.1, -0.05) is 18.2 Å². The molecule has 0 aliphatic rings. The number of hydrogen-bond donors (Lipinski definition) is 2. The van der Waals surface area contributed by atoms with Gasteiger partial charge in [0, 0.05) is 32.9 Å². The number of phenols is 1. The lowest BCUT2D eigenvalue weighted by molar-refractivity contribution is 0.452. The highest BCUT2D eigenvalue weighted by atomic mass is 79.9. The summed E-state index contributed by atoms with van der Waals surface area (Å²) in [6.45, 7) is 2.86. The maximum absolute atomic E-state index is 9.74. The van der Waals surface area contributed by atoms with Gasteiger partial charge in [-0.3, -0.25) is 0 Å². The van der Waals surface area contributed by atoms with Gasteiger partial charge in [0.2, 0.25) is 0 Å². The van der Waals surface area contributed by atoms with E-state index in [1.807, 2.05) is 18.2 Å². The van der Waals surface area contributed by atoms with Crippen LogP contribution >= 0.6 is 27.3 Å². The zero-order chi connectivity index (χ0) is 12.3. The van der Waals surface area contributed by atoms with E-state index in [2.05, 4.69) is 39.6 Å². The molecule has 1 atom stereocenters. The quantitative estimate of drug-likeness (QED) is 0.892. The van der Waals surface area contributed by atoms with E-state index < -0.39 is 0 Å². The third kappa shape index (κ3) is 3.31. The molecule has 1 aromatic heterocycles. The Hall–Kier alpha value is -0.840. The number of benzene rings is 1. The lowest BCUT2D eigenvalue weighted by atomic mass is 10.1. The van der Waals surface area contributed by atoms with Crippen LogP contribution < -0.4 is 5.32 Å². The summed E-state index contributed by atoms with van der Waals surface area (Å²) in [5.41, 5.74) is 0.933. The second kappa shape index (κ2) is 5.67. The summed E-state index contributed by atoms with van der Waals surface area (Å²) >= 11 is 5.16. The highest BCUT2D eigenvalue weighted by molar-refractivity contribution is 9.10. The van der Waals surface area contributed by atoms with Crippen LogP contribution in [0.2, 0.25) is 0 Å². The zero-order valence-electron chi connectivity index (χ0n) is 9.48. The molecule has 0 amide bonds. The maximum atomic E-state index is 9.74. The Kier molecular flexibility index (Phi) is 4.20. The number of nitrogens with one attached hydrogen (secondary N) is 1. The summed E-state index contributed by atoms with van der Waals surface area (Å²) in [4.78, 5) is 1.28. The van der Waals surface area contributed by atoms with Crippen LogP contribution in [0.4, 0.5) is 0 Å². The molecule has 2 aromatic rings. The molecule has 1 aromatic carbocycles. The van der Waals surface area contributed by atoms with Crippen LogP contribution in [0.3, 0.4) is 0 Å². The van der Waals surface area contributed by atoms with E-state index in [1.165, 1.54) is 4.88 Å². The number of aromatic hydroxyl groups is 1. The van der Waals surface area contributed by atoms with E-state index in [1.54, 1.807) is 17.4 Å². The SMILES string of the molecule is CC(NCc1cc(Br)cs1)c1ccccc1O. The zero-order valence-corrected chi connectivity index (χ0v) is 11.9. The molecule has 0 saturated heterocycles. The minimum absolute atomic E-state index is 0.136. The van der Waals surface area contributed by atoms with Gasteiger partial charge in [-0.2, -0.15) is 0 Å². The lowest BCUT2D eigenvalue weighted by Gasteiger charge is -2.14. The topological polar surface area (TPSA) is 32.3 Å². The fraction of sp³-hybridized carbons (Fsp3) is 0.231. The molecular formula is C13H14BrNOS. The first-order valence-corrected chi connectivity index (χ1v) is 7.08. The minimum atomic E-state index is 0.136. The van der Waals surface area contributed by atoms with Gasteiger partial charge in [-0.25, -0.2) is 0 Å². The number of phenolic OH excluding ortho intramolecular Hbond substituents is 1. The van der Waals surface area contributed by atoms with Gasteiger partial charge in [0.15, 0.2) is 0 Å². The summed E-state index contributed by atoms with van der Waals surface area (Å²) in [5, 5.41) is 15.2. The summed E-state index contributed by atoms with van der Waals surface area (Å²) in [7, 11) is 0. The molecule has 17 heavy (non-hydrogen) atoms. The minimum Gasteiger partial charge on any atom is -0.508 e. The average Bonchev–Trinajstić information content (AvgIpc) is 2.73. The Morgan fingerprint density at radius 2 is 2.18 bits per heavy atom. The van der Waals surface area contributed by atoms with Crippen LogP contribution in [0.1, 0.15) is 23.4 Å². The van der Waals surface area contributed by atoms with Crippen molar-refractivity contribution in [1.82, 2.24) is 5.32 Å². The van der Waals surface area contributed by atoms with E-state index in [0.717, 1.165) is 16.6 Å². The number of hydrogen-bond acceptors (Lipinski definition) is 3. The van der Waals surface area contributed by atoms with E-state index in [0.29, 0.717) is 5.75 Å². The Bertz CT molecular complexity index is 498. The van der Waals surface area contributed by atoms with Crippen molar-refractivity contribution in [2.45, 2.75) is 19.5 Å². The summed E-state index contributed by atoms with van der Waals surface area (Å²) < 4.78 is 1.12. The van der Waals surface area contributed by atoms with Crippen molar-refractivity contribution in [3.63, 3.8) is 0 Å². The monoisotopic (exact) mass is 311 g/mol. The first-order valence-electron chi connectivity index (χ1n) is 5.41.